The van der Waals surface area contributed by atoms with Crippen molar-refractivity contribution >= 4 is 0 Å². The van der Waals surface area contributed by atoms with Gasteiger partial charge in [0.1, 0.15) is 11.8 Å². The molecule has 0 aromatic rings. The van der Waals surface area contributed by atoms with Crippen molar-refractivity contribution in [2.75, 3.05) is 0 Å². The molecule has 3 unspecified atom stereocenters. The Bertz CT molecular complexity index is 199. The minimum absolute atomic E-state index is 0.233. The Balaban J connectivity index is 2.70. The highest BCUT2D eigenvalue weighted by Crippen LogP contribution is 2.42. The molecular weight excluding hydrogens is 200 g/mol. The Morgan fingerprint density at radius 1 is 1.57 bits per heavy atom. The summed E-state index contributed by atoms with van der Waals surface area (Å²) < 4.78 is 53.1. The predicted molar refractivity (Wildman–Crippen MR) is 42.8 cm³/mol. The molecule has 1 saturated carbocycles. The number of alkyl halides is 4. The van der Waals surface area contributed by atoms with E-state index in [0.717, 1.165) is 6.92 Å². The molecule has 1 aliphatic carbocycles. The maximum atomic E-state index is 13.5. The van der Waals surface area contributed by atoms with E-state index in [-0.39, 0.29) is 12.8 Å². The molecule has 0 saturated heterocycles. The van der Waals surface area contributed by atoms with E-state index in [1.54, 1.807) is 0 Å². The molecule has 0 aliphatic heterocycles. The van der Waals surface area contributed by atoms with Gasteiger partial charge in [-0.3, -0.25) is 4.74 Å². The maximum Gasteiger partial charge on any atom is 0.522 e. The first-order chi connectivity index (χ1) is 6.26. The molecule has 0 N–H and O–H groups in total. The van der Waals surface area contributed by atoms with E-state index >= 15 is 0 Å². The maximum absolute atomic E-state index is 13.5. The Morgan fingerprint density at radius 3 is 2.57 bits per heavy atom. The average molecular weight is 212 g/mol. The van der Waals surface area contributed by atoms with Gasteiger partial charge in [0.2, 0.25) is 0 Å². The second kappa shape index (κ2) is 3.68. The quantitative estimate of drug-likeness (QED) is 0.639. The van der Waals surface area contributed by atoms with Crippen LogP contribution in [-0.2, 0) is 4.74 Å². The lowest BCUT2D eigenvalue weighted by Crippen LogP contribution is -2.39. The van der Waals surface area contributed by atoms with Crippen LogP contribution in [0.1, 0.15) is 19.8 Å². The summed E-state index contributed by atoms with van der Waals surface area (Å²) in [6.07, 6.45) is -4.52. The topological polar surface area (TPSA) is 9.23 Å². The van der Waals surface area contributed by atoms with Gasteiger partial charge in [-0.15, -0.1) is 13.2 Å². The van der Waals surface area contributed by atoms with Crippen LogP contribution in [0.25, 0.3) is 0 Å². The summed E-state index contributed by atoms with van der Waals surface area (Å²) in [6, 6.07) is 0. The van der Waals surface area contributed by atoms with Crippen molar-refractivity contribution in [2.24, 2.45) is 5.92 Å². The zero-order chi connectivity index (χ0) is 11.0. The Kier molecular flexibility index (Phi) is 3.09. The van der Waals surface area contributed by atoms with Crippen LogP contribution in [0, 0.1) is 19.3 Å². The van der Waals surface area contributed by atoms with Crippen molar-refractivity contribution < 1.29 is 22.3 Å². The molecule has 1 aliphatic rings. The predicted octanol–water partition coefficient (Wildman–Crippen LogP) is 3.07. The van der Waals surface area contributed by atoms with Crippen LogP contribution < -0.4 is 0 Å². The molecule has 0 heterocycles. The highest BCUT2D eigenvalue weighted by atomic mass is 19.4. The number of halogens is 4. The van der Waals surface area contributed by atoms with Crippen LogP contribution in [0.15, 0.2) is 0 Å². The van der Waals surface area contributed by atoms with Gasteiger partial charge in [0.05, 0.1) is 0 Å². The van der Waals surface area contributed by atoms with Gasteiger partial charge in [-0.25, -0.2) is 4.39 Å². The fourth-order valence-corrected chi connectivity index (χ4v) is 1.71. The van der Waals surface area contributed by atoms with E-state index in [2.05, 4.69) is 11.7 Å². The van der Waals surface area contributed by atoms with E-state index in [1.807, 2.05) is 0 Å². The summed E-state index contributed by atoms with van der Waals surface area (Å²) in [5, 5.41) is 0. The molecule has 5 heteroatoms. The first-order valence-corrected chi connectivity index (χ1v) is 4.33. The molecule has 2 radical (unpaired) electrons. The molecule has 1 fully saturated rings. The summed E-state index contributed by atoms with van der Waals surface area (Å²) in [7, 11) is 0. The molecule has 3 atom stereocenters. The Labute approximate surface area is 80.4 Å². The summed E-state index contributed by atoms with van der Waals surface area (Å²) in [6.45, 7) is 4.58. The van der Waals surface area contributed by atoms with Crippen molar-refractivity contribution in [3.05, 3.63) is 13.3 Å². The van der Waals surface area contributed by atoms with Crippen molar-refractivity contribution in [1.29, 1.82) is 0 Å². The Morgan fingerprint density at radius 2 is 2.14 bits per heavy atom. The Hall–Kier alpha value is -0.320. The van der Waals surface area contributed by atoms with E-state index < -0.39 is 24.1 Å². The summed E-state index contributed by atoms with van der Waals surface area (Å²) >= 11 is 0. The van der Waals surface area contributed by atoms with Gasteiger partial charge in [-0.05, 0) is 25.7 Å². The van der Waals surface area contributed by atoms with E-state index in [4.69, 9.17) is 0 Å². The van der Waals surface area contributed by atoms with E-state index in [9.17, 15) is 17.6 Å². The van der Waals surface area contributed by atoms with Gasteiger partial charge in [0.25, 0.3) is 0 Å². The molecular formula is C9H12F4O. The van der Waals surface area contributed by atoms with Crippen LogP contribution in [0.3, 0.4) is 0 Å². The minimum Gasteiger partial charge on any atom is -0.285 e. The van der Waals surface area contributed by atoms with Crippen LogP contribution in [-0.4, -0.2) is 18.1 Å². The molecule has 1 rings (SSSR count). The monoisotopic (exact) mass is 212 g/mol. The van der Waals surface area contributed by atoms with E-state index in [1.165, 1.54) is 6.42 Å². The molecule has 0 aromatic heterocycles. The zero-order valence-corrected chi connectivity index (χ0v) is 7.77. The van der Waals surface area contributed by atoms with Gasteiger partial charge in [0.15, 0.2) is 0 Å². The van der Waals surface area contributed by atoms with Gasteiger partial charge in [-0.2, -0.15) is 0 Å². The summed E-state index contributed by atoms with van der Waals surface area (Å²) in [5.41, 5.74) is -2.02. The molecule has 0 bridgehead atoms. The summed E-state index contributed by atoms with van der Waals surface area (Å²) in [5.74, 6) is -0.494. The first kappa shape index (κ1) is 11.8. The van der Waals surface area contributed by atoms with Gasteiger partial charge in [0, 0.05) is 6.42 Å². The molecule has 0 spiro atoms. The fourth-order valence-electron chi connectivity index (χ4n) is 1.71. The van der Waals surface area contributed by atoms with Crippen LogP contribution in [0.4, 0.5) is 17.6 Å². The van der Waals surface area contributed by atoms with Crippen LogP contribution >= 0.6 is 0 Å². The fraction of sp³-hybridized carbons (Fsp3) is 0.778. The highest BCUT2D eigenvalue weighted by molar-refractivity contribution is 5.07. The zero-order valence-electron chi connectivity index (χ0n) is 7.77. The molecule has 14 heavy (non-hydrogen) atoms. The number of hydrogen-bond acceptors (Lipinski definition) is 1. The third-order valence-electron chi connectivity index (χ3n) is 2.44. The smallest absolute Gasteiger partial charge is 0.285 e. The van der Waals surface area contributed by atoms with Crippen molar-refractivity contribution in [3.8, 4) is 0 Å². The van der Waals surface area contributed by atoms with Crippen LogP contribution in [0.5, 0.6) is 0 Å². The molecule has 0 aromatic carbocycles. The molecule has 0 amide bonds. The molecule has 1 nitrogen and oxygen atoms in total. The number of rotatable bonds is 2. The van der Waals surface area contributed by atoms with Gasteiger partial charge < -0.3 is 0 Å². The lowest BCUT2D eigenvalue weighted by molar-refractivity contribution is -0.355. The average Bonchev–Trinajstić information content (AvgIpc) is 2.25. The second-order valence-corrected chi connectivity index (χ2v) is 3.62. The van der Waals surface area contributed by atoms with Gasteiger partial charge in [-0.1, -0.05) is 6.92 Å². The van der Waals surface area contributed by atoms with Crippen molar-refractivity contribution in [1.82, 2.24) is 0 Å². The van der Waals surface area contributed by atoms with Crippen molar-refractivity contribution in [2.45, 2.75) is 37.9 Å². The second-order valence-electron chi connectivity index (χ2n) is 3.62. The normalized spacial score (nSPS) is 39.0. The lowest BCUT2D eigenvalue weighted by Gasteiger charge is -2.27. The largest absolute Gasteiger partial charge is 0.522 e. The standard InChI is InChI=1S/C9H12F4O/c1-3-6-4-5-8(2,10)7(6)14-9(11,12)13/h5-7H,1,3-4H2,2H3. The number of hydrogen-bond donors (Lipinski definition) is 0. The summed E-state index contributed by atoms with van der Waals surface area (Å²) in [4.78, 5) is 0. The molecule has 82 valence electrons. The van der Waals surface area contributed by atoms with Crippen LogP contribution in [0.2, 0.25) is 0 Å². The third-order valence-corrected chi connectivity index (χ3v) is 2.44. The highest BCUT2D eigenvalue weighted by Gasteiger charge is 2.51. The first-order valence-electron chi connectivity index (χ1n) is 4.33. The van der Waals surface area contributed by atoms with E-state index in [0.29, 0.717) is 0 Å². The third kappa shape index (κ3) is 2.59. The SMILES string of the molecule is [CH2]CC1C[CH]C(C)(F)C1OC(F)(F)F. The van der Waals surface area contributed by atoms with Gasteiger partial charge >= 0.3 is 6.36 Å². The minimum atomic E-state index is -4.79. The lowest BCUT2D eigenvalue weighted by atomic mass is 9.98. The number of ether oxygens (including phenoxy) is 1. The van der Waals surface area contributed by atoms with Crippen molar-refractivity contribution in [3.63, 3.8) is 0 Å².